The molecule has 30 valence electrons. The largest absolute Gasteiger partial charge is 0.394 e. The van der Waals surface area contributed by atoms with Gasteiger partial charge in [-0.1, -0.05) is 12.4 Å². The van der Waals surface area contributed by atoms with Crippen LogP contribution >= 0.6 is 0 Å². The van der Waals surface area contributed by atoms with Gasteiger partial charge >= 0.3 is 0 Å². The Balaban J connectivity index is 3.00. The van der Waals surface area contributed by atoms with Gasteiger partial charge in [0.2, 0.25) is 0 Å². The van der Waals surface area contributed by atoms with Crippen LogP contribution in [0.25, 0.3) is 0 Å². The fourth-order valence-electron chi connectivity index (χ4n) is 0.277. The molecule has 1 rings (SSSR count). The summed E-state index contributed by atoms with van der Waals surface area (Å²) in [5.74, 6) is 0. The highest BCUT2D eigenvalue weighted by atomic mass is 14.6. The first-order chi connectivity index (χ1) is 3.00. The Morgan fingerprint density at radius 1 is 1.33 bits per heavy atom. The molecule has 0 N–H and O–H groups in total. The number of pyridine rings is 1. The molecule has 0 aliphatic rings. The van der Waals surface area contributed by atoms with E-state index in [-0.39, 0.29) is 0 Å². The minimum Gasteiger partial charge on any atom is -0.394 e. The summed E-state index contributed by atoms with van der Waals surface area (Å²) < 4.78 is 0. The maximum absolute atomic E-state index is 3.66. The Labute approximate surface area is 36.7 Å². The zero-order valence-electron chi connectivity index (χ0n) is 3.26. The van der Waals surface area contributed by atoms with Gasteiger partial charge in [0.15, 0.2) is 0 Å². The van der Waals surface area contributed by atoms with Crippen LogP contribution in [0.15, 0.2) is 24.4 Å². The van der Waals surface area contributed by atoms with Crippen molar-refractivity contribution in [1.29, 1.82) is 0 Å². The third-order valence-electron chi connectivity index (χ3n) is 0.517. The van der Waals surface area contributed by atoms with E-state index in [0.29, 0.717) is 0 Å². The number of hydrogen-bond donors (Lipinski definition) is 0. The second kappa shape index (κ2) is 1.55. The third kappa shape index (κ3) is 0.549. The third-order valence-corrected chi connectivity index (χ3v) is 0.517. The van der Waals surface area contributed by atoms with Gasteiger partial charge in [0, 0.05) is 0 Å². The van der Waals surface area contributed by atoms with Crippen molar-refractivity contribution >= 4 is 0 Å². The molecule has 0 aliphatic carbocycles. The molecule has 0 saturated heterocycles. The van der Waals surface area contributed by atoms with Crippen molar-refractivity contribution in [2.45, 2.75) is 0 Å². The lowest BCUT2D eigenvalue weighted by molar-refractivity contribution is 1.31. The van der Waals surface area contributed by atoms with Gasteiger partial charge in [0.25, 0.3) is 0 Å². The molecule has 0 aromatic carbocycles. The molecule has 0 aliphatic heterocycles. The molecular weight excluding hydrogens is 74.1 g/mol. The van der Waals surface area contributed by atoms with E-state index in [0.717, 1.165) is 0 Å². The molecule has 0 saturated carbocycles. The molecular formula is C5H4N-. The van der Waals surface area contributed by atoms with E-state index in [4.69, 9.17) is 0 Å². The Morgan fingerprint density at radius 2 is 2.33 bits per heavy atom. The minimum atomic E-state index is 1.69. The van der Waals surface area contributed by atoms with E-state index >= 15 is 0 Å². The van der Waals surface area contributed by atoms with E-state index in [9.17, 15) is 0 Å². The molecule has 1 aromatic rings. The Bertz CT molecular complexity index is 75.9. The minimum absolute atomic E-state index is 1.69. The molecule has 0 amide bonds. The van der Waals surface area contributed by atoms with E-state index < -0.39 is 0 Å². The highest BCUT2D eigenvalue weighted by Gasteiger charge is 1.47. The first-order valence-corrected chi connectivity index (χ1v) is 1.77. The molecule has 1 heterocycles. The summed E-state index contributed by atoms with van der Waals surface area (Å²) in [6.07, 6.45) is 4.34. The van der Waals surface area contributed by atoms with Gasteiger partial charge in [-0.2, -0.15) is 18.2 Å². The lowest BCUT2D eigenvalue weighted by Crippen LogP contribution is -1.60. The van der Waals surface area contributed by atoms with Gasteiger partial charge in [0.05, 0.1) is 0 Å². The zero-order valence-corrected chi connectivity index (χ0v) is 3.26. The van der Waals surface area contributed by atoms with Crippen LogP contribution in [0, 0.1) is 6.20 Å². The quantitative estimate of drug-likeness (QED) is 0.420. The topological polar surface area (TPSA) is 12.9 Å². The van der Waals surface area contributed by atoms with Crippen LogP contribution in [0.2, 0.25) is 0 Å². The van der Waals surface area contributed by atoms with Crippen molar-refractivity contribution in [3.8, 4) is 0 Å². The smallest absolute Gasteiger partial charge is 0.0813 e. The molecule has 1 heteroatoms. The van der Waals surface area contributed by atoms with Crippen molar-refractivity contribution < 1.29 is 0 Å². The fraction of sp³-hybridized carbons (Fsp3) is 0. The van der Waals surface area contributed by atoms with Gasteiger partial charge in [-0.15, -0.1) is 0 Å². The first kappa shape index (κ1) is 3.34. The highest BCUT2D eigenvalue weighted by Crippen LogP contribution is 1.72. The molecule has 0 atom stereocenters. The monoisotopic (exact) mass is 78.0 g/mol. The number of nitrogens with zero attached hydrogens (tertiary/aromatic N) is 1. The number of rotatable bonds is 0. The van der Waals surface area contributed by atoms with Crippen LogP contribution in [-0.4, -0.2) is 4.98 Å². The van der Waals surface area contributed by atoms with Crippen LogP contribution in [0.5, 0.6) is 0 Å². The lowest BCUT2D eigenvalue weighted by atomic mass is 10.5. The molecule has 0 bridgehead atoms. The van der Waals surface area contributed by atoms with Gasteiger partial charge < -0.3 is 4.98 Å². The molecule has 1 nitrogen and oxygen atoms in total. The highest BCUT2D eigenvalue weighted by molar-refractivity contribution is 4.86. The van der Waals surface area contributed by atoms with Crippen molar-refractivity contribution in [3.63, 3.8) is 0 Å². The summed E-state index contributed by atoms with van der Waals surface area (Å²) in [5.41, 5.74) is 0. The van der Waals surface area contributed by atoms with Gasteiger partial charge in [-0.3, -0.25) is 0 Å². The predicted octanol–water partition coefficient (Wildman–Crippen LogP) is 0.882. The second-order valence-corrected chi connectivity index (χ2v) is 0.959. The van der Waals surface area contributed by atoms with Crippen LogP contribution < -0.4 is 0 Å². The lowest BCUT2D eigenvalue weighted by Gasteiger charge is -1.81. The molecule has 0 fully saturated rings. The summed E-state index contributed by atoms with van der Waals surface area (Å²) in [4.78, 5) is 3.66. The number of hydrogen-bond acceptors (Lipinski definition) is 1. The Hall–Kier alpha value is -0.850. The van der Waals surface area contributed by atoms with E-state index in [1.54, 1.807) is 12.3 Å². The van der Waals surface area contributed by atoms with Crippen molar-refractivity contribution in [1.82, 2.24) is 4.98 Å². The van der Waals surface area contributed by atoms with Gasteiger partial charge in [0.1, 0.15) is 0 Å². The van der Waals surface area contributed by atoms with Gasteiger partial charge in [-0.25, -0.2) is 0 Å². The fourth-order valence-corrected chi connectivity index (χ4v) is 0.277. The summed E-state index contributed by atoms with van der Waals surface area (Å²) in [5, 5.41) is 0. The van der Waals surface area contributed by atoms with Crippen LogP contribution in [0.4, 0.5) is 0 Å². The average Bonchev–Trinajstić information content (AvgIpc) is 1.72. The molecule has 0 spiro atoms. The molecule has 0 unspecified atom stereocenters. The van der Waals surface area contributed by atoms with E-state index in [1.807, 2.05) is 12.1 Å². The second-order valence-electron chi connectivity index (χ2n) is 0.959. The van der Waals surface area contributed by atoms with E-state index in [2.05, 4.69) is 11.2 Å². The van der Waals surface area contributed by atoms with Gasteiger partial charge in [-0.05, 0) is 0 Å². The maximum atomic E-state index is 3.66. The van der Waals surface area contributed by atoms with Crippen molar-refractivity contribution in [3.05, 3.63) is 30.6 Å². The molecule has 0 radical (unpaired) electrons. The van der Waals surface area contributed by atoms with Crippen molar-refractivity contribution in [2.24, 2.45) is 0 Å². The average molecular weight is 78.1 g/mol. The first-order valence-electron chi connectivity index (χ1n) is 1.77. The number of aromatic nitrogens is 1. The summed E-state index contributed by atoms with van der Waals surface area (Å²) in [6.45, 7) is 0. The SMILES string of the molecule is [c-]1ccccn1. The Kier molecular flexibility index (Phi) is 0.865. The Morgan fingerprint density at radius 3 is 2.50 bits per heavy atom. The normalized spacial score (nSPS) is 8.00. The standard InChI is InChI=1S/C5H4N/c1-2-4-6-5-3-1/h1-4H/q-1. The molecule has 6 heavy (non-hydrogen) atoms. The summed E-state index contributed by atoms with van der Waals surface area (Å²) in [7, 11) is 0. The summed E-state index contributed by atoms with van der Waals surface area (Å²) >= 11 is 0. The predicted molar refractivity (Wildman–Crippen MR) is 23.1 cm³/mol. The van der Waals surface area contributed by atoms with Crippen LogP contribution in [0.1, 0.15) is 0 Å². The van der Waals surface area contributed by atoms with E-state index in [1.165, 1.54) is 0 Å². The van der Waals surface area contributed by atoms with Crippen molar-refractivity contribution in [2.75, 3.05) is 0 Å². The zero-order chi connectivity index (χ0) is 4.24. The van der Waals surface area contributed by atoms with Crippen LogP contribution in [0.3, 0.4) is 0 Å². The maximum Gasteiger partial charge on any atom is -0.0813 e. The molecule has 1 aromatic heterocycles. The van der Waals surface area contributed by atoms with Crippen LogP contribution in [-0.2, 0) is 0 Å². The summed E-state index contributed by atoms with van der Waals surface area (Å²) in [6, 6.07) is 5.50.